The minimum atomic E-state index is -0.101. The fraction of sp³-hybridized carbons (Fsp3) is 0.846. The van der Waals surface area contributed by atoms with Gasteiger partial charge in [-0.3, -0.25) is 4.79 Å². The van der Waals surface area contributed by atoms with Crippen molar-refractivity contribution in [2.24, 2.45) is 5.41 Å². The van der Waals surface area contributed by atoms with Crippen LogP contribution in [0.4, 0.5) is 0 Å². The molecule has 1 fully saturated rings. The normalized spacial score (nSPS) is 16.1. The topological polar surface area (TPSA) is 69.9 Å². The Labute approximate surface area is 123 Å². The zero-order chi connectivity index (χ0) is 14.4. The summed E-state index contributed by atoms with van der Waals surface area (Å²) in [6.07, 6.45) is 5.01. The van der Waals surface area contributed by atoms with Gasteiger partial charge in [0.1, 0.15) is 0 Å². The monoisotopic (exact) mass is 298 g/mol. The number of aromatic nitrogens is 4. The molecule has 1 aromatic rings. The number of hydrogen-bond acceptors (Lipinski definition) is 6. The van der Waals surface area contributed by atoms with E-state index < -0.39 is 0 Å². The summed E-state index contributed by atoms with van der Waals surface area (Å²) in [7, 11) is 1.45. The highest BCUT2D eigenvalue weighted by molar-refractivity contribution is 7.98. The van der Waals surface area contributed by atoms with Crippen molar-refractivity contribution in [1.82, 2.24) is 20.2 Å². The summed E-state index contributed by atoms with van der Waals surface area (Å²) in [6, 6.07) is 0. The van der Waals surface area contributed by atoms with Gasteiger partial charge in [-0.25, -0.2) is 4.68 Å². The molecule has 0 spiro atoms. The lowest BCUT2D eigenvalue weighted by atomic mass is 10.1. The maximum absolute atomic E-state index is 11.4. The Morgan fingerprint density at radius 1 is 1.50 bits per heavy atom. The molecular weight excluding hydrogens is 276 g/mol. The molecule has 0 N–H and O–H groups in total. The first-order chi connectivity index (χ1) is 9.69. The molecule has 0 atom stereocenters. The summed E-state index contributed by atoms with van der Waals surface area (Å²) in [5, 5.41) is 11.8. The Morgan fingerprint density at radius 3 is 2.95 bits per heavy atom. The molecule has 7 heteroatoms. The zero-order valence-electron chi connectivity index (χ0n) is 12.2. The van der Waals surface area contributed by atoms with E-state index in [1.807, 2.05) is 16.4 Å². The van der Waals surface area contributed by atoms with E-state index in [1.165, 1.54) is 7.11 Å². The standard InChI is InChI=1S/C13H22N4O2S/c1-3-4-7-17-11(14-15-16-17)9-20-10-13(5-6-13)8-12(18)19-2/h3-10H2,1-2H3. The van der Waals surface area contributed by atoms with E-state index in [-0.39, 0.29) is 11.4 Å². The fourth-order valence-electron chi connectivity index (χ4n) is 2.09. The maximum Gasteiger partial charge on any atom is 0.306 e. The van der Waals surface area contributed by atoms with Crippen molar-refractivity contribution in [3.05, 3.63) is 5.82 Å². The predicted octanol–water partition coefficient (Wildman–Crippen LogP) is 2.05. The van der Waals surface area contributed by atoms with Crippen LogP contribution in [0.15, 0.2) is 0 Å². The average molecular weight is 298 g/mol. The fourth-order valence-corrected chi connectivity index (χ4v) is 3.41. The summed E-state index contributed by atoms with van der Waals surface area (Å²) in [4.78, 5) is 11.4. The van der Waals surface area contributed by atoms with Gasteiger partial charge in [-0.15, -0.1) is 5.10 Å². The lowest BCUT2D eigenvalue weighted by Crippen LogP contribution is -2.13. The van der Waals surface area contributed by atoms with Gasteiger partial charge < -0.3 is 4.74 Å². The Morgan fingerprint density at radius 2 is 2.30 bits per heavy atom. The Bertz CT molecular complexity index is 445. The van der Waals surface area contributed by atoms with Crippen molar-refractivity contribution in [1.29, 1.82) is 0 Å². The van der Waals surface area contributed by atoms with Gasteiger partial charge in [0.2, 0.25) is 0 Å². The maximum atomic E-state index is 11.4. The van der Waals surface area contributed by atoms with Gasteiger partial charge in [0.15, 0.2) is 5.82 Å². The van der Waals surface area contributed by atoms with Gasteiger partial charge in [0.25, 0.3) is 0 Å². The number of methoxy groups -OCH3 is 1. The minimum Gasteiger partial charge on any atom is -0.469 e. The number of nitrogens with zero attached hydrogens (tertiary/aromatic N) is 4. The molecule has 20 heavy (non-hydrogen) atoms. The second-order valence-electron chi connectivity index (χ2n) is 5.42. The van der Waals surface area contributed by atoms with Gasteiger partial charge in [-0.1, -0.05) is 13.3 Å². The van der Waals surface area contributed by atoms with Crippen LogP contribution in [0.5, 0.6) is 0 Å². The van der Waals surface area contributed by atoms with Gasteiger partial charge >= 0.3 is 5.97 Å². The highest BCUT2D eigenvalue weighted by atomic mass is 32.2. The summed E-state index contributed by atoms with van der Waals surface area (Å²) < 4.78 is 6.64. The van der Waals surface area contributed by atoms with Crippen LogP contribution in [0.3, 0.4) is 0 Å². The lowest BCUT2D eigenvalue weighted by Gasteiger charge is -2.12. The number of thioether (sulfide) groups is 1. The molecule has 0 saturated heterocycles. The minimum absolute atomic E-state index is 0.101. The molecule has 1 aromatic heterocycles. The van der Waals surface area contributed by atoms with Crippen LogP contribution in [0, 0.1) is 5.41 Å². The molecule has 0 bridgehead atoms. The smallest absolute Gasteiger partial charge is 0.306 e. The third-order valence-electron chi connectivity index (χ3n) is 3.67. The number of aryl methyl sites for hydroxylation is 1. The highest BCUT2D eigenvalue weighted by Gasteiger charge is 2.44. The van der Waals surface area contributed by atoms with E-state index >= 15 is 0 Å². The van der Waals surface area contributed by atoms with Gasteiger partial charge in [0, 0.05) is 6.54 Å². The predicted molar refractivity (Wildman–Crippen MR) is 77.2 cm³/mol. The summed E-state index contributed by atoms with van der Waals surface area (Å²) >= 11 is 1.81. The molecule has 1 aliphatic rings. The molecule has 1 heterocycles. The molecule has 1 aliphatic carbocycles. The van der Waals surface area contributed by atoms with Gasteiger partial charge in [0.05, 0.1) is 19.3 Å². The van der Waals surface area contributed by atoms with Crippen molar-refractivity contribution >= 4 is 17.7 Å². The average Bonchev–Trinajstić information content (AvgIpc) is 3.06. The van der Waals surface area contributed by atoms with Crippen molar-refractivity contribution in [2.75, 3.05) is 12.9 Å². The second kappa shape index (κ2) is 7.06. The quantitative estimate of drug-likeness (QED) is 0.650. The molecule has 112 valence electrons. The molecule has 0 radical (unpaired) electrons. The molecule has 0 amide bonds. The van der Waals surface area contributed by atoms with Crippen LogP contribution in [0.2, 0.25) is 0 Å². The lowest BCUT2D eigenvalue weighted by molar-refractivity contribution is -0.141. The van der Waals surface area contributed by atoms with Crippen LogP contribution in [0.1, 0.15) is 44.9 Å². The van der Waals surface area contributed by atoms with E-state index in [2.05, 4.69) is 22.4 Å². The number of esters is 1. The zero-order valence-corrected chi connectivity index (χ0v) is 13.0. The van der Waals surface area contributed by atoms with E-state index in [0.29, 0.717) is 6.42 Å². The van der Waals surface area contributed by atoms with Crippen molar-refractivity contribution in [2.45, 2.75) is 51.3 Å². The first-order valence-electron chi connectivity index (χ1n) is 7.09. The van der Waals surface area contributed by atoms with E-state index in [0.717, 1.165) is 49.6 Å². The summed E-state index contributed by atoms with van der Waals surface area (Å²) in [6.45, 7) is 3.04. The number of rotatable bonds is 9. The number of unbranched alkanes of at least 4 members (excludes halogenated alkanes) is 1. The van der Waals surface area contributed by atoms with Crippen molar-refractivity contribution in [3.63, 3.8) is 0 Å². The third kappa shape index (κ3) is 4.19. The van der Waals surface area contributed by atoms with Crippen LogP contribution in [0.25, 0.3) is 0 Å². The number of carbonyl (C=O) groups is 1. The number of ether oxygens (including phenoxy) is 1. The number of tetrazole rings is 1. The first-order valence-corrected chi connectivity index (χ1v) is 8.24. The third-order valence-corrected chi connectivity index (χ3v) is 4.95. The van der Waals surface area contributed by atoms with Crippen LogP contribution < -0.4 is 0 Å². The van der Waals surface area contributed by atoms with Gasteiger partial charge in [-0.05, 0) is 40.9 Å². The largest absolute Gasteiger partial charge is 0.469 e. The Hall–Kier alpha value is -1.11. The van der Waals surface area contributed by atoms with E-state index in [9.17, 15) is 4.79 Å². The SMILES string of the molecule is CCCCn1nnnc1CSCC1(CC(=O)OC)CC1. The number of carbonyl (C=O) groups excluding carboxylic acids is 1. The molecule has 0 aromatic carbocycles. The van der Waals surface area contributed by atoms with E-state index in [4.69, 9.17) is 4.74 Å². The second-order valence-corrected chi connectivity index (χ2v) is 6.40. The molecule has 6 nitrogen and oxygen atoms in total. The van der Waals surface area contributed by atoms with Crippen LogP contribution in [-0.4, -0.2) is 39.0 Å². The highest BCUT2D eigenvalue weighted by Crippen LogP contribution is 2.51. The van der Waals surface area contributed by atoms with Crippen LogP contribution in [-0.2, 0) is 21.8 Å². The van der Waals surface area contributed by atoms with Crippen molar-refractivity contribution in [3.8, 4) is 0 Å². The number of hydrogen-bond donors (Lipinski definition) is 0. The molecule has 0 aliphatic heterocycles. The molecule has 0 unspecified atom stereocenters. The van der Waals surface area contributed by atoms with Crippen molar-refractivity contribution < 1.29 is 9.53 Å². The summed E-state index contributed by atoms with van der Waals surface area (Å²) in [5.41, 5.74) is 0.166. The van der Waals surface area contributed by atoms with Crippen LogP contribution >= 0.6 is 11.8 Å². The van der Waals surface area contributed by atoms with Gasteiger partial charge in [-0.2, -0.15) is 11.8 Å². The summed E-state index contributed by atoms with van der Waals surface area (Å²) in [5.74, 6) is 2.61. The molecule has 1 saturated carbocycles. The Kier molecular flexibility index (Phi) is 5.39. The molecular formula is C13H22N4O2S. The van der Waals surface area contributed by atoms with E-state index in [1.54, 1.807) is 0 Å². The molecule has 2 rings (SSSR count). The Balaban J connectivity index is 1.76. The first kappa shape index (κ1) is 15.3.